The van der Waals surface area contributed by atoms with Gasteiger partial charge in [0.2, 0.25) is 0 Å². The van der Waals surface area contributed by atoms with Gasteiger partial charge in [-0.2, -0.15) is 0 Å². The molecule has 1 aliphatic rings. The molecule has 26 heavy (non-hydrogen) atoms. The molecule has 2 heterocycles. The number of nitrogens with one attached hydrogen (secondary N) is 1. The first-order valence-corrected chi connectivity index (χ1v) is 9.81. The van der Waals surface area contributed by atoms with Crippen LogP contribution in [0.4, 0.5) is 0 Å². The molecule has 3 rings (SSSR count). The zero-order chi connectivity index (χ0) is 17.5. The minimum Gasteiger partial charge on any atom is -0.356 e. The average Bonchev–Trinajstić information content (AvgIpc) is 3.14. The first-order valence-electron chi connectivity index (χ1n) is 8.93. The molecule has 0 aliphatic carbocycles. The molecular formula is C20H27IN4S. The Balaban J connectivity index is 0.00000243. The van der Waals surface area contributed by atoms with Crippen molar-refractivity contribution < 1.29 is 0 Å². The van der Waals surface area contributed by atoms with Crippen molar-refractivity contribution in [2.75, 3.05) is 26.7 Å². The Bertz CT molecular complexity index is 739. The molecule has 4 nitrogen and oxygen atoms in total. The molecule has 0 saturated carbocycles. The van der Waals surface area contributed by atoms with E-state index >= 15 is 0 Å². The van der Waals surface area contributed by atoms with E-state index < -0.39 is 0 Å². The molecule has 1 aliphatic heterocycles. The van der Waals surface area contributed by atoms with Gasteiger partial charge in [-0.25, -0.2) is 4.98 Å². The first kappa shape index (κ1) is 20.9. The number of rotatable bonds is 5. The van der Waals surface area contributed by atoms with Crippen LogP contribution in [-0.2, 0) is 12.8 Å². The van der Waals surface area contributed by atoms with Gasteiger partial charge in [0.05, 0.1) is 10.7 Å². The van der Waals surface area contributed by atoms with Crippen molar-refractivity contribution in [3.05, 3.63) is 58.1 Å². The van der Waals surface area contributed by atoms with Crippen molar-refractivity contribution in [2.45, 2.75) is 26.2 Å². The Labute approximate surface area is 177 Å². The van der Waals surface area contributed by atoms with Crippen molar-refractivity contribution >= 4 is 46.8 Å². The lowest BCUT2D eigenvalue weighted by atomic mass is 10.00. The molecule has 1 aromatic carbocycles. The molecular weight excluding hydrogens is 455 g/mol. The third kappa shape index (κ3) is 5.54. The first-order chi connectivity index (χ1) is 12.3. The normalized spacial score (nSPS) is 14.6. The van der Waals surface area contributed by atoms with E-state index in [1.807, 2.05) is 7.05 Å². The smallest absolute Gasteiger partial charge is 0.193 e. The predicted molar refractivity (Wildman–Crippen MR) is 123 cm³/mol. The molecule has 0 atom stereocenters. The van der Waals surface area contributed by atoms with Crippen LogP contribution in [0.2, 0.25) is 0 Å². The van der Waals surface area contributed by atoms with Gasteiger partial charge >= 0.3 is 0 Å². The number of guanidine groups is 1. The minimum absolute atomic E-state index is 0. The van der Waals surface area contributed by atoms with Gasteiger partial charge in [0, 0.05) is 38.5 Å². The Morgan fingerprint density at radius 2 is 2.12 bits per heavy atom. The zero-order valence-corrected chi connectivity index (χ0v) is 18.6. The van der Waals surface area contributed by atoms with E-state index in [1.165, 1.54) is 21.8 Å². The van der Waals surface area contributed by atoms with Crippen molar-refractivity contribution in [3.63, 3.8) is 0 Å². The fourth-order valence-electron chi connectivity index (χ4n) is 3.04. The van der Waals surface area contributed by atoms with Crippen LogP contribution in [0.15, 0.2) is 46.8 Å². The average molecular weight is 482 g/mol. The number of aryl methyl sites for hydroxylation is 1. The molecule has 2 aromatic rings. The summed E-state index contributed by atoms with van der Waals surface area (Å²) in [5.74, 6) is 0.981. The maximum Gasteiger partial charge on any atom is 0.193 e. The van der Waals surface area contributed by atoms with Crippen LogP contribution >= 0.6 is 35.3 Å². The van der Waals surface area contributed by atoms with Gasteiger partial charge in [-0.15, -0.1) is 35.3 Å². The van der Waals surface area contributed by atoms with Gasteiger partial charge in [0.25, 0.3) is 0 Å². The Kier molecular flexibility index (Phi) is 8.58. The standard InChI is InChI=1S/C20H26N4S.HI/c1-3-19-23-18(15-25-19)9-12-22-20(21-2)24-13-10-17(11-14-24)16-7-5-4-6-8-16;/h4-8,10,15H,3,9,11-14H2,1-2H3,(H,21,22);1H. The number of aliphatic imine (C=N–C) groups is 1. The van der Waals surface area contributed by atoms with E-state index in [9.17, 15) is 0 Å². The summed E-state index contributed by atoms with van der Waals surface area (Å²) >= 11 is 1.75. The third-order valence-electron chi connectivity index (χ3n) is 4.43. The lowest BCUT2D eigenvalue weighted by Gasteiger charge is -2.29. The van der Waals surface area contributed by atoms with Crippen LogP contribution in [-0.4, -0.2) is 42.5 Å². The van der Waals surface area contributed by atoms with Crippen LogP contribution in [0, 0.1) is 0 Å². The van der Waals surface area contributed by atoms with Crippen molar-refractivity contribution in [3.8, 4) is 0 Å². The molecule has 6 heteroatoms. The number of hydrogen-bond acceptors (Lipinski definition) is 3. The van der Waals surface area contributed by atoms with Crippen LogP contribution in [0.1, 0.15) is 29.6 Å². The summed E-state index contributed by atoms with van der Waals surface area (Å²) in [5, 5.41) is 6.86. The fourth-order valence-corrected chi connectivity index (χ4v) is 3.82. The molecule has 1 aromatic heterocycles. The number of benzene rings is 1. The SMILES string of the molecule is CCc1nc(CCNC(=NC)N2CC=C(c3ccccc3)CC2)cs1.I. The summed E-state index contributed by atoms with van der Waals surface area (Å²) in [7, 11) is 1.86. The van der Waals surface area contributed by atoms with Crippen molar-refractivity contribution in [2.24, 2.45) is 4.99 Å². The van der Waals surface area contributed by atoms with E-state index in [4.69, 9.17) is 0 Å². The second-order valence-electron chi connectivity index (χ2n) is 6.10. The number of aromatic nitrogens is 1. The summed E-state index contributed by atoms with van der Waals surface area (Å²) in [4.78, 5) is 11.4. The molecule has 0 fully saturated rings. The maximum absolute atomic E-state index is 4.62. The quantitative estimate of drug-likeness (QED) is 0.394. The molecule has 0 amide bonds. The predicted octanol–water partition coefficient (Wildman–Crippen LogP) is 4.23. The van der Waals surface area contributed by atoms with Gasteiger partial charge in [-0.1, -0.05) is 43.3 Å². The Morgan fingerprint density at radius 3 is 2.73 bits per heavy atom. The van der Waals surface area contributed by atoms with E-state index in [2.05, 4.69) is 68.9 Å². The monoisotopic (exact) mass is 482 g/mol. The number of nitrogens with zero attached hydrogens (tertiary/aromatic N) is 3. The molecule has 140 valence electrons. The molecule has 1 N–H and O–H groups in total. The van der Waals surface area contributed by atoms with Gasteiger partial charge in [-0.3, -0.25) is 4.99 Å². The number of thiazole rings is 1. The number of hydrogen-bond donors (Lipinski definition) is 1. The number of halogens is 1. The van der Waals surface area contributed by atoms with E-state index in [0.29, 0.717) is 0 Å². The van der Waals surface area contributed by atoms with Crippen molar-refractivity contribution in [1.29, 1.82) is 0 Å². The lowest BCUT2D eigenvalue weighted by Crippen LogP contribution is -2.44. The van der Waals surface area contributed by atoms with E-state index in [1.54, 1.807) is 11.3 Å². The van der Waals surface area contributed by atoms with Gasteiger partial charge in [0.15, 0.2) is 5.96 Å². The highest BCUT2D eigenvalue weighted by Gasteiger charge is 2.16. The summed E-state index contributed by atoms with van der Waals surface area (Å²) in [6.45, 7) is 4.92. The summed E-state index contributed by atoms with van der Waals surface area (Å²) < 4.78 is 0. The van der Waals surface area contributed by atoms with E-state index in [-0.39, 0.29) is 24.0 Å². The van der Waals surface area contributed by atoms with Crippen LogP contribution in [0.5, 0.6) is 0 Å². The lowest BCUT2D eigenvalue weighted by molar-refractivity contribution is 0.440. The van der Waals surface area contributed by atoms with Crippen LogP contribution in [0.3, 0.4) is 0 Å². The molecule has 0 saturated heterocycles. The highest BCUT2D eigenvalue weighted by atomic mass is 127. The van der Waals surface area contributed by atoms with Crippen LogP contribution < -0.4 is 5.32 Å². The summed E-state index contributed by atoms with van der Waals surface area (Å²) in [6.07, 6.45) is 5.33. The van der Waals surface area contributed by atoms with Crippen LogP contribution in [0.25, 0.3) is 5.57 Å². The molecule has 0 spiro atoms. The Morgan fingerprint density at radius 1 is 1.31 bits per heavy atom. The highest BCUT2D eigenvalue weighted by molar-refractivity contribution is 14.0. The molecule has 0 unspecified atom stereocenters. The second kappa shape index (κ2) is 10.7. The van der Waals surface area contributed by atoms with Gasteiger partial charge in [-0.05, 0) is 24.0 Å². The van der Waals surface area contributed by atoms with Gasteiger partial charge < -0.3 is 10.2 Å². The summed E-state index contributed by atoms with van der Waals surface area (Å²) in [6, 6.07) is 10.6. The third-order valence-corrected chi connectivity index (χ3v) is 5.47. The summed E-state index contributed by atoms with van der Waals surface area (Å²) in [5.41, 5.74) is 3.94. The molecule has 0 bridgehead atoms. The van der Waals surface area contributed by atoms with Crippen molar-refractivity contribution in [1.82, 2.24) is 15.2 Å². The second-order valence-corrected chi connectivity index (χ2v) is 7.04. The van der Waals surface area contributed by atoms with E-state index in [0.717, 1.165) is 44.9 Å². The Hall–Kier alpha value is -1.41. The highest BCUT2D eigenvalue weighted by Crippen LogP contribution is 2.21. The van der Waals surface area contributed by atoms with Gasteiger partial charge in [0.1, 0.15) is 0 Å². The zero-order valence-electron chi connectivity index (χ0n) is 15.4. The maximum atomic E-state index is 4.62. The fraction of sp³-hybridized carbons (Fsp3) is 0.400. The minimum atomic E-state index is 0. The largest absolute Gasteiger partial charge is 0.356 e. The molecule has 0 radical (unpaired) electrons. The topological polar surface area (TPSA) is 40.5 Å².